The third-order valence-electron chi connectivity index (χ3n) is 2.88. The van der Waals surface area contributed by atoms with Gasteiger partial charge in [-0.3, -0.25) is 4.79 Å². The SMILES string of the molecule is CC(C)(C)OC=O.Fc1cc(Cl)ccc1OC1CCNCC1. The molecule has 1 fully saturated rings. The molecule has 0 amide bonds. The van der Waals surface area contributed by atoms with Crippen LogP contribution in [0.15, 0.2) is 18.2 Å². The normalized spacial score (nSPS) is 15.5. The summed E-state index contributed by atoms with van der Waals surface area (Å²) in [5.41, 5.74) is -0.318. The lowest BCUT2D eigenvalue weighted by Gasteiger charge is -2.23. The van der Waals surface area contributed by atoms with Gasteiger partial charge in [-0.15, -0.1) is 0 Å². The molecule has 1 N–H and O–H groups in total. The van der Waals surface area contributed by atoms with E-state index in [2.05, 4.69) is 10.1 Å². The summed E-state index contributed by atoms with van der Waals surface area (Å²) < 4.78 is 23.5. The van der Waals surface area contributed by atoms with Gasteiger partial charge in [0.2, 0.25) is 0 Å². The van der Waals surface area contributed by atoms with Crippen molar-refractivity contribution in [2.75, 3.05) is 13.1 Å². The quantitative estimate of drug-likeness (QED) is 0.860. The number of nitrogens with one attached hydrogen (secondary N) is 1. The molecule has 1 aromatic rings. The molecule has 4 nitrogen and oxygen atoms in total. The molecule has 2 rings (SSSR count). The number of piperidine rings is 1. The van der Waals surface area contributed by atoms with Gasteiger partial charge in [-0.1, -0.05) is 11.6 Å². The fraction of sp³-hybridized carbons (Fsp3) is 0.562. The smallest absolute Gasteiger partial charge is 0.293 e. The molecule has 22 heavy (non-hydrogen) atoms. The van der Waals surface area contributed by atoms with Crippen molar-refractivity contribution in [2.24, 2.45) is 0 Å². The number of rotatable bonds is 3. The van der Waals surface area contributed by atoms with Crippen molar-refractivity contribution in [3.63, 3.8) is 0 Å². The van der Waals surface area contributed by atoms with E-state index in [4.69, 9.17) is 16.3 Å². The lowest BCUT2D eigenvalue weighted by molar-refractivity contribution is -0.138. The molecule has 1 aliphatic rings. The summed E-state index contributed by atoms with van der Waals surface area (Å²) in [5, 5.41) is 3.62. The Morgan fingerprint density at radius 2 is 1.95 bits per heavy atom. The zero-order valence-electron chi connectivity index (χ0n) is 13.2. The summed E-state index contributed by atoms with van der Waals surface area (Å²) >= 11 is 5.65. The van der Waals surface area contributed by atoms with Crippen molar-refractivity contribution < 1.29 is 18.7 Å². The molecule has 1 aliphatic heterocycles. The molecule has 124 valence electrons. The maximum absolute atomic E-state index is 13.4. The highest BCUT2D eigenvalue weighted by Crippen LogP contribution is 2.23. The summed E-state index contributed by atoms with van der Waals surface area (Å²) in [7, 11) is 0. The number of carbonyl (C=O) groups is 1. The van der Waals surface area contributed by atoms with Crippen molar-refractivity contribution in [1.82, 2.24) is 5.32 Å². The van der Waals surface area contributed by atoms with Gasteiger partial charge in [-0.25, -0.2) is 4.39 Å². The number of ether oxygens (including phenoxy) is 2. The van der Waals surface area contributed by atoms with Gasteiger partial charge < -0.3 is 14.8 Å². The fourth-order valence-electron chi connectivity index (χ4n) is 1.81. The van der Waals surface area contributed by atoms with Crippen molar-refractivity contribution in [2.45, 2.75) is 45.3 Å². The number of carbonyl (C=O) groups excluding carboxylic acids is 1. The van der Waals surface area contributed by atoms with Gasteiger partial charge in [-0.2, -0.15) is 0 Å². The summed E-state index contributed by atoms with van der Waals surface area (Å²) in [4.78, 5) is 9.60. The Labute approximate surface area is 135 Å². The van der Waals surface area contributed by atoms with Crippen molar-refractivity contribution in [3.8, 4) is 5.75 Å². The molecule has 0 aliphatic carbocycles. The highest BCUT2D eigenvalue weighted by molar-refractivity contribution is 6.30. The van der Waals surface area contributed by atoms with Crippen molar-refractivity contribution in [3.05, 3.63) is 29.0 Å². The summed E-state index contributed by atoms with van der Waals surface area (Å²) in [5.74, 6) is -0.0904. The molecule has 0 saturated carbocycles. The third-order valence-corrected chi connectivity index (χ3v) is 3.11. The van der Waals surface area contributed by atoms with Crippen LogP contribution in [0.2, 0.25) is 5.02 Å². The summed E-state index contributed by atoms with van der Waals surface area (Å²) in [6.45, 7) is 7.78. The zero-order valence-corrected chi connectivity index (χ0v) is 14.0. The lowest BCUT2D eigenvalue weighted by Crippen LogP contribution is -2.34. The van der Waals surface area contributed by atoms with E-state index in [0.29, 0.717) is 17.2 Å². The molecule has 1 heterocycles. The fourth-order valence-corrected chi connectivity index (χ4v) is 1.97. The molecule has 0 bridgehead atoms. The minimum absolute atomic E-state index is 0.113. The number of halogens is 2. The first-order chi connectivity index (χ1) is 10.3. The second-order valence-corrected chi connectivity index (χ2v) is 6.40. The van der Waals surface area contributed by atoms with E-state index in [-0.39, 0.29) is 17.5 Å². The van der Waals surface area contributed by atoms with Crippen LogP contribution in [-0.2, 0) is 9.53 Å². The number of hydrogen-bond donors (Lipinski definition) is 1. The summed E-state index contributed by atoms with van der Waals surface area (Å²) in [6.07, 6.45) is 1.95. The van der Waals surface area contributed by atoms with Gasteiger partial charge in [0.25, 0.3) is 6.47 Å². The van der Waals surface area contributed by atoms with Crippen molar-refractivity contribution >= 4 is 18.1 Å². The Morgan fingerprint density at radius 3 is 2.41 bits per heavy atom. The molecule has 6 heteroatoms. The van der Waals surface area contributed by atoms with E-state index in [1.807, 2.05) is 20.8 Å². The number of benzene rings is 1. The van der Waals surface area contributed by atoms with Crippen LogP contribution in [0.5, 0.6) is 5.75 Å². The highest BCUT2D eigenvalue weighted by atomic mass is 35.5. The molecular formula is C16H23ClFNO3. The van der Waals surface area contributed by atoms with Crippen LogP contribution in [-0.4, -0.2) is 31.3 Å². The largest absolute Gasteiger partial charge is 0.487 e. The zero-order chi connectivity index (χ0) is 16.6. The van der Waals surface area contributed by atoms with Crippen LogP contribution in [0.3, 0.4) is 0 Å². The van der Waals surface area contributed by atoms with Gasteiger partial charge in [0.15, 0.2) is 11.6 Å². The van der Waals surface area contributed by atoms with Gasteiger partial charge >= 0.3 is 0 Å². The Morgan fingerprint density at radius 1 is 1.32 bits per heavy atom. The first-order valence-corrected chi connectivity index (χ1v) is 7.63. The van der Waals surface area contributed by atoms with Crippen LogP contribution in [0, 0.1) is 5.82 Å². The average molecular weight is 332 g/mol. The van der Waals surface area contributed by atoms with E-state index < -0.39 is 0 Å². The van der Waals surface area contributed by atoms with E-state index >= 15 is 0 Å². The maximum atomic E-state index is 13.4. The summed E-state index contributed by atoms with van der Waals surface area (Å²) in [6, 6.07) is 4.50. The van der Waals surface area contributed by atoms with Crippen LogP contribution in [0.1, 0.15) is 33.6 Å². The predicted octanol–water partition coefficient (Wildman–Crippen LogP) is 3.57. The molecule has 0 spiro atoms. The Hall–Kier alpha value is -1.33. The third kappa shape index (κ3) is 7.61. The number of hydrogen-bond acceptors (Lipinski definition) is 4. The van der Waals surface area contributed by atoms with Crippen LogP contribution in [0.4, 0.5) is 4.39 Å². The first-order valence-electron chi connectivity index (χ1n) is 7.25. The second-order valence-electron chi connectivity index (χ2n) is 5.97. The highest BCUT2D eigenvalue weighted by Gasteiger charge is 2.16. The van der Waals surface area contributed by atoms with E-state index in [9.17, 15) is 9.18 Å². The van der Waals surface area contributed by atoms with Gasteiger partial charge in [0.1, 0.15) is 11.7 Å². The Kier molecular flexibility index (Phi) is 7.62. The van der Waals surface area contributed by atoms with E-state index in [1.165, 1.54) is 6.07 Å². The van der Waals surface area contributed by atoms with Crippen molar-refractivity contribution in [1.29, 1.82) is 0 Å². The average Bonchev–Trinajstić information content (AvgIpc) is 2.42. The first kappa shape index (κ1) is 18.7. The predicted molar refractivity (Wildman–Crippen MR) is 84.8 cm³/mol. The molecule has 0 unspecified atom stereocenters. The van der Waals surface area contributed by atoms with Crippen LogP contribution < -0.4 is 10.1 Å². The molecule has 1 saturated heterocycles. The molecular weight excluding hydrogens is 309 g/mol. The lowest BCUT2D eigenvalue weighted by atomic mass is 10.1. The minimum atomic E-state index is -0.388. The maximum Gasteiger partial charge on any atom is 0.293 e. The van der Waals surface area contributed by atoms with Crippen LogP contribution >= 0.6 is 11.6 Å². The Bertz CT molecular complexity index is 471. The monoisotopic (exact) mass is 331 g/mol. The molecule has 0 aromatic heterocycles. The molecule has 1 aromatic carbocycles. The topological polar surface area (TPSA) is 47.6 Å². The molecule has 0 atom stereocenters. The Balaban J connectivity index is 0.000000295. The second kappa shape index (κ2) is 8.96. The minimum Gasteiger partial charge on any atom is -0.487 e. The van der Waals surface area contributed by atoms with E-state index in [0.717, 1.165) is 25.9 Å². The standard InChI is InChI=1S/C11H13ClFNO.C5H10O2/c12-8-1-2-11(10(13)7-8)15-9-3-5-14-6-4-9;1-5(2,3)7-4-6/h1-2,7,9,14H,3-6H2;4H,1-3H3. The van der Waals surface area contributed by atoms with Gasteiger partial charge in [0.05, 0.1) is 0 Å². The van der Waals surface area contributed by atoms with Gasteiger partial charge in [0, 0.05) is 5.02 Å². The molecule has 0 radical (unpaired) electrons. The van der Waals surface area contributed by atoms with Gasteiger partial charge in [-0.05, 0) is 64.9 Å². The van der Waals surface area contributed by atoms with Crippen LogP contribution in [0.25, 0.3) is 0 Å². The van der Waals surface area contributed by atoms with E-state index in [1.54, 1.807) is 12.1 Å².